The van der Waals surface area contributed by atoms with Crippen molar-refractivity contribution in [3.05, 3.63) is 46.4 Å². The number of thiocarbonyl (C=S) groups is 1. The van der Waals surface area contributed by atoms with Crippen molar-refractivity contribution in [1.29, 1.82) is 0 Å². The van der Waals surface area contributed by atoms with Crippen LogP contribution in [0.3, 0.4) is 0 Å². The van der Waals surface area contributed by atoms with Crippen LogP contribution in [0.2, 0.25) is 0 Å². The highest BCUT2D eigenvalue weighted by molar-refractivity contribution is 9.10. The fourth-order valence-corrected chi connectivity index (χ4v) is 2.81. The molecule has 1 aliphatic rings. The van der Waals surface area contributed by atoms with Crippen molar-refractivity contribution in [2.45, 2.75) is 0 Å². The van der Waals surface area contributed by atoms with Crippen molar-refractivity contribution in [2.75, 3.05) is 19.2 Å². The summed E-state index contributed by atoms with van der Waals surface area (Å²) >= 11 is 8.64. The fourth-order valence-electron chi connectivity index (χ4n) is 2.06. The summed E-state index contributed by atoms with van der Waals surface area (Å²) in [5.41, 5.74) is 4.46. The van der Waals surface area contributed by atoms with E-state index in [9.17, 15) is 0 Å². The van der Waals surface area contributed by atoms with E-state index in [-0.39, 0.29) is 6.79 Å². The Kier molecular flexibility index (Phi) is 5.17. The standard InChI is InChI=1S/C16H14BrN3O3S/c1-21-12-4-2-11(3-5-12)19-16(24)20-18-8-10-6-13(17)15-14(7-10)22-9-23-15/h2-8H,9H2,1H3,(H2,19,20,24)/b18-8-. The number of anilines is 1. The monoisotopic (exact) mass is 407 g/mol. The molecule has 8 heteroatoms. The molecule has 0 aliphatic carbocycles. The molecule has 0 fully saturated rings. The number of fused-ring (bicyclic) bond motifs is 1. The van der Waals surface area contributed by atoms with Crippen LogP contribution in [-0.2, 0) is 0 Å². The lowest BCUT2D eigenvalue weighted by molar-refractivity contribution is 0.173. The average Bonchev–Trinajstić information content (AvgIpc) is 3.05. The van der Waals surface area contributed by atoms with Crippen molar-refractivity contribution < 1.29 is 14.2 Å². The molecule has 0 aromatic heterocycles. The Bertz CT molecular complexity index is 781. The zero-order chi connectivity index (χ0) is 16.9. The molecule has 0 saturated carbocycles. The molecule has 1 aliphatic heterocycles. The number of rotatable bonds is 4. The third kappa shape index (κ3) is 3.95. The summed E-state index contributed by atoms with van der Waals surface area (Å²) in [6, 6.07) is 11.2. The molecule has 6 nitrogen and oxygen atoms in total. The number of halogens is 1. The Hall–Kier alpha value is -2.32. The molecule has 2 aromatic rings. The summed E-state index contributed by atoms with van der Waals surface area (Å²) < 4.78 is 16.6. The quantitative estimate of drug-likeness (QED) is 0.459. The van der Waals surface area contributed by atoms with Crippen LogP contribution in [0.25, 0.3) is 0 Å². The maximum absolute atomic E-state index is 5.36. The molecule has 0 saturated heterocycles. The minimum absolute atomic E-state index is 0.225. The highest BCUT2D eigenvalue weighted by Gasteiger charge is 2.17. The van der Waals surface area contributed by atoms with Gasteiger partial charge in [-0.2, -0.15) is 5.10 Å². The van der Waals surface area contributed by atoms with Crippen molar-refractivity contribution in [3.8, 4) is 17.2 Å². The predicted octanol–water partition coefficient (Wildman–Crippen LogP) is 3.51. The van der Waals surface area contributed by atoms with E-state index in [0.29, 0.717) is 16.6 Å². The SMILES string of the molecule is COc1ccc(NC(=S)N/N=C\c2cc(Br)c3c(c2)OCO3)cc1. The van der Waals surface area contributed by atoms with E-state index >= 15 is 0 Å². The number of hydrogen-bond acceptors (Lipinski definition) is 5. The first kappa shape index (κ1) is 16.5. The maximum Gasteiger partial charge on any atom is 0.231 e. The smallest absolute Gasteiger partial charge is 0.231 e. The molecule has 2 aromatic carbocycles. The minimum atomic E-state index is 0.225. The van der Waals surface area contributed by atoms with E-state index in [4.69, 9.17) is 26.4 Å². The van der Waals surface area contributed by atoms with Crippen molar-refractivity contribution in [3.63, 3.8) is 0 Å². The van der Waals surface area contributed by atoms with Gasteiger partial charge >= 0.3 is 0 Å². The van der Waals surface area contributed by atoms with Gasteiger partial charge in [-0.3, -0.25) is 5.43 Å². The summed E-state index contributed by atoms with van der Waals surface area (Å²) in [7, 11) is 1.62. The van der Waals surface area contributed by atoms with E-state index in [1.807, 2.05) is 36.4 Å². The van der Waals surface area contributed by atoms with Crippen LogP contribution in [-0.4, -0.2) is 25.2 Å². The van der Waals surface area contributed by atoms with E-state index in [1.54, 1.807) is 13.3 Å². The lowest BCUT2D eigenvalue weighted by Crippen LogP contribution is -2.23. The zero-order valence-corrected chi connectivity index (χ0v) is 15.1. The Morgan fingerprint density at radius 1 is 1.29 bits per heavy atom. The molecular formula is C16H14BrN3O3S. The Balaban J connectivity index is 1.57. The van der Waals surface area contributed by atoms with Crippen LogP contribution in [0.4, 0.5) is 5.69 Å². The highest BCUT2D eigenvalue weighted by atomic mass is 79.9. The van der Waals surface area contributed by atoms with Crippen molar-refractivity contribution in [1.82, 2.24) is 5.43 Å². The second-order valence-corrected chi connectivity index (χ2v) is 6.05. The number of methoxy groups -OCH3 is 1. The van der Waals surface area contributed by atoms with Crippen molar-refractivity contribution >= 4 is 45.2 Å². The second-order valence-electron chi connectivity index (χ2n) is 4.79. The Morgan fingerprint density at radius 3 is 2.83 bits per heavy atom. The number of nitrogens with zero attached hydrogens (tertiary/aromatic N) is 1. The van der Waals surface area contributed by atoms with Crippen LogP contribution in [0.5, 0.6) is 17.2 Å². The summed E-state index contributed by atoms with van der Waals surface area (Å²) in [5, 5.41) is 7.53. The summed E-state index contributed by atoms with van der Waals surface area (Å²) in [6.07, 6.45) is 1.65. The minimum Gasteiger partial charge on any atom is -0.497 e. The largest absolute Gasteiger partial charge is 0.497 e. The van der Waals surface area contributed by atoms with Gasteiger partial charge in [-0.15, -0.1) is 0 Å². The van der Waals surface area contributed by atoms with Crippen LogP contribution >= 0.6 is 28.1 Å². The van der Waals surface area contributed by atoms with Gasteiger partial charge in [0.15, 0.2) is 16.6 Å². The molecule has 0 amide bonds. The van der Waals surface area contributed by atoms with Crippen LogP contribution in [0.15, 0.2) is 46.0 Å². The normalized spacial score (nSPS) is 12.2. The highest BCUT2D eigenvalue weighted by Crippen LogP contribution is 2.39. The van der Waals surface area contributed by atoms with Crippen molar-refractivity contribution in [2.24, 2.45) is 5.10 Å². The predicted molar refractivity (Wildman–Crippen MR) is 100 cm³/mol. The van der Waals surface area contributed by atoms with Crippen LogP contribution in [0.1, 0.15) is 5.56 Å². The number of ether oxygens (including phenoxy) is 3. The lowest BCUT2D eigenvalue weighted by atomic mass is 10.2. The molecule has 0 unspecified atom stereocenters. The Morgan fingerprint density at radius 2 is 2.08 bits per heavy atom. The van der Waals surface area contributed by atoms with Gasteiger partial charge < -0.3 is 19.5 Å². The summed E-state index contributed by atoms with van der Waals surface area (Å²) in [6.45, 7) is 0.225. The first-order chi connectivity index (χ1) is 11.7. The Labute approximate surface area is 152 Å². The van der Waals surface area contributed by atoms with Gasteiger partial charge in [0.2, 0.25) is 6.79 Å². The van der Waals surface area contributed by atoms with Gasteiger partial charge in [0.1, 0.15) is 5.75 Å². The third-order valence-electron chi connectivity index (χ3n) is 3.18. The molecule has 124 valence electrons. The summed E-state index contributed by atoms with van der Waals surface area (Å²) in [4.78, 5) is 0. The molecule has 0 bridgehead atoms. The zero-order valence-electron chi connectivity index (χ0n) is 12.7. The molecule has 0 atom stereocenters. The van der Waals surface area contributed by atoms with Gasteiger partial charge in [-0.25, -0.2) is 0 Å². The van der Waals surface area contributed by atoms with Gasteiger partial charge in [0.05, 0.1) is 17.8 Å². The van der Waals surface area contributed by atoms with E-state index < -0.39 is 0 Å². The first-order valence-electron chi connectivity index (χ1n) is 6.99. The maximum atomic E-state index is 5.36. The van der Waals surface area contributed by atoms with Gasteiger partial charge in [-0.1, -0.05) is 0 Å². The molecule has 24 heavy (non-hydrogen) atoms. The number of hydrazone groups is 1. The molecule has 3 rings (SSSR count). The third-order valence-corrected chi connectivity index (χ3v) is 3.96. The first-order valence-corrected chi connectivity index (χ1v) is 8.19. The van der Waals surface area contributed by atoms with E-state index in [1.165, 1.54) is 0 Å². The van der Waals surface area contributed by atoms with Crippen LogP contribution in [0, 0.1) is 0 Å². The van der Waals surface area contributed by atoms with Crippen LogP contribution < -0.4 is 25.0 Å². The number of nitrogens with one attached hydrogen (secondary N) is 2. The van der Waals surface area contributed by atoms with Gasteiger partial charge in [0, 0.05) is 5.69 Å². The van der Waals surface area contributed by atoms with Gasteiger partial charge in [-0.05, 0) is 70.1 Å². The summed E-state index contributed by atoms with van der Waals surface area (Å²) in [5.74, 6) is 2.17. The second kappa shape index (κ2) is 7.50. The van der Waals surface area contributed by atoms with E-state index in [0.717, 1.165) is 21.5 Å². The molecular weight excluding hydrogens is 394 g/mol. The average molecular weight is 408 g/mol. The number of hydrogen-bond donors (Lipinski definition) is 2. The molecule has 0 radical (unpaired) electrons. The topological polar surface area (TPSA) is 64.1 Å². The lowest BCUT2D eigenvalue weighted by Gasteiger charge is -2.07. The molecule has 0 spiro atoms. The van der Waals surface area contributed by atoms with Gasteiger partial charge in [0.25, 0.3) is 0 Å². The number of benzene rings is 2. The fraction of sp³-hybridized carbons (Fsp3) is 0.125. The molecule has 1 heterocycles. The van der Waals surface area contributed by atoms with E-state index in [2.05, 4.69) is 31.8 Å². The molecule has 2 N–H and O–H groups in total.